The van der Waals surface area contributed by atoms with E-state index < -0.39 is 5.92 Å². The van der Waals surface area contributed by atoms with Crippen LogP contribution in [-0.2, 0) is 11.3 Å². The van der Waals surface area contributed by atoms with E-state index in [9.17, 15) is 14.7 Å². The van der Waals surface area contributed by atoms with Crippen molar-refractivity contribution in [2.45, 2.75) is 18.6 Å². The van der Waals surface area contributed by atoms with E-state index in [2.05, 4.69) is 15.2 Å². The normalized spacial score (nSPS) is 25.1. The molecule has 1 saturated heterocycles. The molecule has 7 nitrogen and oxygen atoms in total. The van der Waals surface area contributed by atoms with Gasteiger partial charge in [0.15, 0.2) is 5.13 Å². The van der Waals surface area contributed by atoms with Crippen molar-refractivity contribution in [3.05, 3.63) is 70.1 Å². The summed E-state index contributed by atoms with van der Waals surface area (Å²) in [5.41, 5.74) is 2.28. The molecule has 8 heteroatoms. The zero-order valence-electron chi connectivity index (χ0n) is 16.4. The highest BCUT2D eigenvalue weighted by molar-refractivity contribution is 7.13. The molecule has 2 aliphatic heterocycles. The van der Waals surface area contributed by atoms with Gasteiger partial charge in [0, 0.05) is 47.9 Å². The predicted molar refractivity (Wildman–Crippen MR) is 115 cm³/mol. The van der Waals surface area contributed by atoms with Crippen molar-refractivity contribution >= 4 is 22.4 Å². The Morgan fingerprint density at radius 2 is 2.07 bits per heavy atom. The lowest BCUT2D eigenvalue weighted by Crippen LogP contribution is -2.44. The monoisotopic (exact) mass is 422 g/mol. The van der Waals surface area contributed by atoms with Gasteiger partial charge in [-0.25, -0.2) is 4.98 Å². The second-order valence-electron chi connectivity index (χ2n) is 7.83. The number of aliphatic hydroxyl groups excluding tert-OH is 1. The summed E-state index contributed by atoms with van der Waals surface area (Å²) in [6, 6.07) is 13.0. The van der Waals surface area contributed by atoms with Crippen molar-refractivity contribution in [2.24, 2.45) is 11.8 Å². The van der Waals surface area contributed by atoms with E-state index in [0.717, 1.165) is 11.3 Å². The summed E-state index contributed by atoms with van der Waals surface area (Å²) in [4.78, 5) is 32.8. The fourth-order valence-corrected chi connectivity index (χ4v) is 5.53. The number of nitrogens with zero attached hydrogens (tertiary/aromatic N) is 3. The van der Waals surface area contributed by atoms with Crippen LogP contribution in [-0.4, -0.2) is 45.2 Å². The predicted octanol–water partition coefficient (Wildman–Crippen LogP) is 2.20. The molecular weight excluding hydrogens is 400 g/mol. The van der Waals surface area contributed by atoms with Crippen molar-refractivity contribution in [3.63, 3.8) is 0 Å². The summed E-state index contributed by atoms with van der Waals surface area (Å²) in [5.74, 6) is -0.902. The number of carbonyl (C=O) groups is 1. The van der Waals surface area contributed by atoms with Crippen LogP contribution in [0.2, 0.25) is 0 Å². The molecule has 0 saturated carbocycles. The van der Waals surface area contributed by atoms with E-state index >= 15 is 0 Å². The molecule has 2 N–H and O–H groups in total. The Labute approximate surface area is 177 Å². The van der Waals surface area contributed by atoms with Gasteiger partial charge in [-0.05, 0) is 24.7 Å². The van der Waals surface area contributed by atoms with E-state index in [-0.39, 0.29) is 36.1 Å². The molecule has 2 bridgehead atoms. The number of hydrogen-bond acceptors (Lipinski definition) is 6. The number of benzene rings is 1. The molecule has 2 aliphatic rings. The molecule has 0 spiro atoms. The highest BCUT2D eigenvalue weighted by atomic mass is 32.1. The SMILES string of the molecule is CN1[C@@H]2Cn3c(ccc(-c4ccccc4)c3=O)[C@H]1[C@@H](C(=O)Nc1nccs1)[C@@H]2CO. The smallest absolute Gasteiger partial charge is 0.258 e. The molecule has 1 amide bonds. The third kappa shape index (κ3) is 2.91. The molecule has 4 atom stereocenters. The van der Waals surface area contributed by atoms with Crippen molar-refractivity contribution < 1.29 is 9.90 Å². The molecule has 1 aromatic carbocycles. The molecule has 3 aromatic rings. The summed E-state index contributed by atoms with van der Waals surface area (Å²) < 4.78 is 1.79. The number of carbonyl (C=O) groups excluding carboxylic acids is 1. The molecule has 5 rings (SSSR count). The average molecular weight is 423 g/mol. The van der Waals surface area contributed by atoms with Gasteiger partial charge < -0.3 is 15.0 Å². The van der Waals surface area contributed by atoms with Crippen molar-refractivity contribution in [1.82, 2.24) is 14.5 Å². The zero-order chi connectivity index (χ0) is 20.8. The van der Waals surface area contributed by atoms with Gasteiger partial charge in [0.05, 0.1) is 12.0 Å². The van der Waals surface area contributed by atoms with Gasteiger partial charge in [0.2, 0.25) is 5.91 Å². The van der Waals surface area contributed by atoms with Crippen molar-refractivity contribution in [1.29, 1.82) is 0 Å². The number of aromatic nitrogens is 2. The molecule has 154 valence electrons. The molecule has 0 aliphatic carbocycles. The van der Waals surface area contributed by atoms with Gasteiger partial charge in [0.1, 0.15) is 0 Å². The van der Waals surface area contributed by atoms with Crippen molar-refractivity contribution in [2.75, 3.05) is 19.0 Å². The van der Waals surface area contributed by atoms with Crippen LogP contribution in [0.15, 0.2) is 58.8 Å². The number of amides is 1. The molecule has 4 heterocycles. The lowest BCUT2D eigenvalue weighted by Gasteiger charge is -2.35. The molecule has 1 fully saturated rings. The molecular formula is C22H22N4O3S. The maximum Gasteiger partial charge on any atom is 0.258 e. The topological polar surface area (TPSA) is 87.5 Å². The first-order chi connectivity index (χ1) is 14.6. The van der Waals surface area contributed by atoms with Crippen LogP contribution in [0.3, 0.4) is 0 Å². The molecule has 30 heavy (non-hydrogen) atoms. The maximum absolute atomic E-state index is 13.3. The maximum atomic E-state index is 13.3. The Kier molecular flexibility index (Phi) is 4.77. The minimum atomic E-state index is -0.468. The third-order valence-corrected chi connectivity index (χ3v) is 7.09. The van der Waals surface area contributed by atoms with Gasteiger partial charge in [-0.15, -0.1) is 11.3 Å². The van der Waals surface area contributed by atoms with Crippen LogP contribution in [0.4, 0.5) is 5.13 Å². The standard InChI is InChI=1S/C22H22N4O3S/c1-25-17-11-26-16(8-7-14(21(26)29)13-5-3-2-4-6-13)19(25)18(15(17)12-27)20(28)24-22-23-9-10-30-22/h2-10,15,17-19,27H,11-12H2,1H3,(H,23,24,28)/t15-,17-,18+,19+/m1/s1. The first kappa shape index (κ1) is 19.2. The fourth-order valence-electron chi connectivity index (χ4n) is 5.00. The van der Waals surface area contributed by atoms with Gasteiger partial charge in [-0.3, -0.25) is 14.5 Å². The van der Waals surface area contributed by atoms with Crippen LogP contribution in [0.1, 0.15) is 11.7 Å². The Bertz CT molecular complexity index is 1130. The first-order valence-electron chi connectivity index (χ1n) is 9.92. The highest BCUT2D eigenvalue weighted by Gasteiger charge is 2.54. The summed E-state index contributed by atoms with van der Waals surface area (Å²) in [7, 11) is 1.97. The van der Waals surface area contributed by atoms with E-state index in [1.807, 2.05) is 49.5 Å². The Balaban J connectivity index is 1.57. The summed E-state index contributed by atoms with van der Waals surface area (Å²) in [5, 5.41) is 15.4. The minimum absolute atomic E-state index is 0.0560. The number of fused-ring (bicyclic) bond motifs is 4. The van der Waals surface area contributed by atoms with Crippen LogP contribution < -0.4 is 10.9 Å². The van der Waals surface area contributed by atoms with Gasteiger partial charge in [-0.2, -0.15) is 0 Å². The number of nitrogens with one attached hydrogen (secondary N) is 1. The molecule has 0 radical (unpaired) electrons. The zero-order valence-corrected chi connectivity index (χ0v) is 17.2. The second-order valence-corrected chi connectivity index (χ2v) is 8.72. The molecule has 2 aromatic heterocycles. The number of anilines is 1. The molecule has 0 unspecified atom stereocenters. The number of rotatable bonds is 4. The Morgan fingerprint density at radius 3 is 2.77 bits per heavy atom. The summed E-state index contributed by atoms with van der Waals surface area (Å²) in [6.45, 7) is 0.337. The Hall–Kier alpha value is -2.81. The highest BCUT2D eigenvalue weighted by Crippen LogP contribution is 2.47. The number of aliphatic hydroxyl groups is 1. The van der Waals surface area contributed by atoms with Crippen LogP contribution in [0, 0.1) is 11.8 Å². The first-order valence-corrected chi connectivity index (χ1v) is 10.8. The Morgan fingerprint density at radius 1 is 1.27 bits per heavy atom. The lowest BCUT2D eigenvalue weighted by atomic mass is 9.86. The van der Waals surface area contributed by atoms with Crippen molar-refractivity contribution in [3.8, 4) is 11.1 Å². The van der Waals surface area contributed by atoms with Crippen LogP contribution in [0.25, 0.3) is 11.1 Å². The third-order valence-electron chi connectivity index (χ3n) is 6.40. The fraction of sp³-hybridized carbons (Fsp3) is 0.318. The van der Waals surface area contributed by atoms with E-state index in [0.29, 0.717) is 17.2 Å². The quantitative estimate of drug-likeness (QED) is 0.673. The summed E-state index contributed by atoms with van der Waals surface area (Å²) in [6.07, 6.45) is 1.64. The van der Waals surface area contributed by atoms with Gasteiger partial charge >= 0.3 is 0 Å². The lowest BCUT2D eigenvalue weighted by molar-refractivity contribution is -0.122. The van der Waals surface area contributed by atoms with E-state index in [1.165, 1.54) is 11.3 Å². The van der Waals surface area contributed by atoms with E-state index in [4.69, 9.17) is 0 Å². The largest absolute Gasteiger partial charge is 0.396 e. The second kappa shape index (κ2) is 7.46. The van der Waals surface area contributed by atoms with Gasteiger partial charge in [-0.1, -0.05) is 30.3 Å². The van der Waals surface area contributed by atoms with Crippen LogP contribution in [0.5, 0.6) is 0 Å². The number of hydrogen-bond donors (Lipinski definition) is 2. The number of pyridine rings is 1. The summed E-state index contributed by atoms with van der Waals surface area (Å²) >= 11 is 1.36. The minimum Gasteiger partial charge on any atom is -0.396 e. The van der Waals surface area contributed by atoms with E-state index in [1.54, 1.807) is 16.1 Å². The van der Waals surface area contributed by atoms with Gasteiger partial charge in [0.25, 0.3) is 5.56 Å². The number of likely N-dealkylation sites (N-methyl/N-ethyl adjacent to an activating group) is 1. The average Bonchev–Trinajstić information content (AvgIpc) is 3.32. The number of thiazole rings is 1. The van der Waals surface area contributed by atoms with Crippen LogP contribution >= 0.6 is 11.3 Å².